The fourth-order valence-electron chi connectivity index (χ4n) is 2.46. The van der Waals surface area contributed by atoms with Crippen LogP contribution in [0.3, 0.4) is 0 Å². The van der Waals surface area contributed by atoms with Gasteiger partial charge in [0.15, 0.2) is 0 Å². The molecule has 0 saturated carbocycles. The van der Waals surface area contributed by atoms with Crippen molar-refractivity contribution < 1.29 is 9.72 Å². The first-order chi connectivity index (χ1) is 10.1. The fourth-order valence-corrected chi connectivity index (χ4v) is 2.83. The molecule has 2 atom stereocenters. The Kier molecular flexibility index (Phi) is 5.19. The van der Waals surface area contributed by atoms with Crippen molar-refractivity contribution in [3.8, 4) is 0 Å². The molecular weight excluding hydrogens is 290 g/mol. The second-order valence-corrected chi connectivity index (χ2v) is 5.89. The highest BCUT2D eigenvalue weighted by Crippen LogP contribution is 2.27. The molecule has 1 amide bonds. The number of amides is 1. The van der Waals surface area contributed by atoms with Crippen LogP contribution in [0.15, 0.2) is 24.3 Å². The van der Waals surface area contributed by atoms with E-state index in [0.717, 1.165) is 17.7 Å². The lowest BCUT2D eigenvalue weighted by Gasteiger charge is -2.24. The summed E-state index contributed by atoms with van der Waals surface area (Å²) in [5.41, 5.74) is 0.941. The number of nitrogens with one attached hydrogen (secondary N) is 1. The number of nitro benzene ring substituents is 1. The molecule has 21 heavy (non-hydrogen) atoms. The lowest BCUT2D eigenvalue weighted by Crippen LogP contribution is -2.32. The Morgan fingerprint density at radius 3 is 2.57 bits per heavy atom. The number of carbonyl (C=O) groups excluding carboxylic acids is 1. The second kappa shape index (κ2) is 6.91. The number of benzene rings is 1. The molecule has 1 aliphatic heterocycles. The van der Waals surface area contributed by atoms with Gasteiger partial charge in [0.1, 0.15) is 6.17 Å². The van der Waals surface area contributed by atoms with Gasteiger partial charge in [-0.05, 0) is 30.4 Å². The summed E-state index contributed by atoms with van der Waals surface area (Å²) in [6.07, 6.45) is 2.54. The van der Waals surface area contributed by atoms with Crippen LogP contribution >= 0.6 is 11.8 Å². The number of hydrogen-bond donors (Lipinski definition) is 1. The molecule has 1 aliphatic rings. The number of rotatable bonds is 6. The summed E-state index contributed by atoms with van der Waals surface area (Å²) in [6, 6.07) is 6.22. The van der Waals surface area contributed by atoms with Gasteiger partial charge in [0, 0.05) is 24.4 Å². The molecule has 2 rings (SSSR count). The molecule has 0 aliphatic carbocycles. The Morgan fingerprint density at radius 1 is 1.38 bits per heavy atom. The van der Waals surface area contributed by atoms with Gasteiger partial charge in [-0.15, -0.1) is 0 Å². The van der Waals surface area contributed by atoms with Crippen LogP contribution in [0.4, 0.5) is 5.69 Å². The van der Waals surface area contributed by atoms with Crippen molar-refractivity contribution in [2.24, 2.45) is 0 Å². The number of nitro groups is 1. The second-order valence-electron chi connectivity index (χ2n) is 4.90. The largest absolute Gasteiger partial charge is 0.321 e. The predicted octanol–water partition coefficient (Wildman–Crippen LogP) is 2.17. The maximum absolute atomic E-state index is 12.3. The van der Waals surface area contributed by atoms with Crippen LogP contribution in [0.1, 0.15) is 25.1 Å². The van der Waals surface area contributed by atoms with Crippen molar-refractivity contribution in [1.82, 2.24) is 10.2 Å². The van der Waals surface area contributed by atoms with Gasteiger partial charge < -0.3 is 4.90 Å². The highest BCUT2D eigenvalue weighted by Gasteiger charge is 2.38. The summed E-state index contributed by atoms with van der Waals surface area (Å²) < 4.78 is 0. The summed E-state index contributed by atoms with van der Waals surface area (Å²) in [5.74, 6) is 0.975. The summed E-state index contributed by atoms with van der Waals surface area (Å²) in [4.78, 5) is 24.5. The van der Waals surface area contributed by atoms with E-state index >= 15 is 0 Å². The van der Waals surface area contributed by atoms with Crippen LogP contribution in [0.5, 0.6) is 0 Å². The molecule has 0 aromatic heterocycles. The number of hydrogen-bond acceptors (Lipinski definition) is 5. The SMILES string of the molecule is CCC1NC(c2ccc([N+](=O)[O-])cc2)N(CCSC)C1=O. The van der Waals surface area contributed by atoms with E-state index in [2.05, 4.69) is 5.32 Å². The van der Waals surface area contributed by atoms with Gasteiger partial charge in [0.25, 0.3) is 5.69 Å². The normalized spacial score (nSPS) is 21.8. The first-order valence-electron chi connectivity index (χ1n) is 6.88. The topological polar surface area (TPSA) is 75.5 Å². The first kappa shape index (κ1) is 15.8. The van der Waals surface area contributed by atoms with Gasteiger partial charge in [-0.2, -0.15) is 11.8 Å². The summed E-state index contributed by atoms with van der Waals surface area (Å²) >= 11 is 1.69. The molecule has 1 heterocycles. The lowest BCUT2D eigenvalue weighted by molar-refractivity contribution is -0.384. The molecule has 1 saturated heterocycles. The first-order valence-corrected chi connectivity index (χ1v) is 8.27. The average molecular weight is 309 g/mol. The van der Waals surface area contributed by atoms with Gasteiger partial charge in [0.2, 0.25) is 5.91 Å². The van der Waals surface area contributed by atoms with Gasteiger partial charge in [-0.3, -0.25) is 20.2 Å². The Balaban J connectivity index is 2.22. The van der Waals surface area contributed by atoms with Crippen LogP contribution in [-0.2, 0) is 4.79 Å². The maximum Gasteiger partial charge on any atom is 0.269 e. The van der Waals surface area contributed by atoms with Crippen molar-refractivity contribution in [3.05, 3.63) is 39.9 Å². The zero-order valence-corrected chi connectivity index (χ0v) is 12.9. The molecule has 0 radical (unpaired) electrons. The number of thioether (sulfide) groups is 1. The smallest absolute Gasteiger partial charge is 0.269 e. The highest BCUT2D eigenvalue weighted by atomic mass is 32.2. The quantitative estimate of drug-likeness (QED) is 0.644. The van der Waals surface area contributed by atoms with Crippen molar-refractivity contribution >= 4 is 23.4 Å². The van der Waals surface area contributed by atoms with Gasteiger partial charge >= 0.3 is 0 Å². The monoisotopic (exact) mass is 309 g/mol. The minimum atomic E-state index is -0.419. The summed E-state index contributed by atoms with van der Waals surface area (Å²) in [6.45, 7) is 2.64. The van der Waals surface area contributed by atoms with Crippen LogP contribution in [-0.4, -0.2) is 40.3 Å². The van der Waals surface area contributed by atoms with Crippen LogP contribution < -0.4 is 5.32 Å². The molecule has 6 nitrogen and oxygen atoms in total. The van der Waals surface area contributed by atoms with Gasteiger partial charge in [0.05, 0.1) is 11.0 Å². The molecule has 1 aromatic carbocycles. The van der Waals surface area contributed by atoms with Crippen LogP contribution in [0.2, 0.25) is 0 Å². The maximum atomic E-state index is 12.3. The Bertz CT molecular complexity index is 521. The minimum absolute atomic E-state index is 0.0609. The van der Waals surface area contributed by atoms with Crippen molar-refractivity contribution in [1.29, 1.82) is 0 Å². The van der Waals surface area contributed by atoms with E-state index in [-0.39, 0.29) is 23.8 Å². The number of nitrogens with zero attached hydrogens (tertiary/aromatic N) is 2. The lowest BCUT2D eigenvalue weighted by atomic mass is 10.1. The molecular formula is C14H19N3O3S. The third-order valence-corrected chi connectivity index (χ3v) is 4.21. The molecule has 1 fully saturated rings. The Hall–Kier alpha value is -1.60. The van der Waals surface area contributed by atoms with E-state index in [1.165, 1.54) is 12.1 Å². The summed E-state index contributed by atoms with van der Waals surface area (Å²) in [7, 11) is 0. The van der Waals surface area contributed by atoms with E-state index in [1.54, 1.807) is 23.9 Å². The Labute approximate surface area is 128 Å². The van der Waals surface area contributed by atoms with E-state index in [4.69, 9.17) is 0 Å². The number of carbonyl (C=O) groups is 1. The predicted molar refractivity (Wildman–Crippen MR) is 83.1 cm³/mol. The zero-order chi connectivity index (χ0) is 15.4. The fraction of sp³-hybridized carbons (Fsp3) is 0.500. The molecule has 7 heteroatoms. The van der Waals surface area contributed by atoms with Crippen LogP contribution in [0, 0.1) is 10.1 Å². The molecule has 1 N–H and O–H groups in total. The third kappa shape index (κ3) is 3.36. The van der Waals surface area contributed by atoms with Crippen molar-refractivity contribution in [2.45, 2.75) is 25.6 Å². The van der Waals surface area contributed by atoms with Gasteiger partial charge in [-0.25, -0.2) is 0 Å². The third-order valence-electron chi connectivity index (χ3n) is 3.62. The van der Waals surface area contributed by atoms with Crippen LogP contribution in [0.25, 0.3) is 0 Å². The molecule has 2 unspecified atom stereocenters. The summed E-state index contributed by atoms with van der Waals surface area (Å²) in [5, 5.41) is 14.0. The van der Waals surface area contributed by atoms with E-state index in [0.29, 0.717) is 6.54 Å². The highest BCUT2D eigenvalue weighted by molar-refractivity contribution is 7.98. The minimum Gasteiger partial charge on any atom is -0.321 e. The molecule has 0 spiro atoms. The van der Waals surface area contributed by atoms with Crippen molar-refractivity contribution in [3.63, 3.8) is 0 Å². The zero-order valence-electron chi connectivity index (χ0n) is 12.1. The Morgan fingerprint density at radius 2 is 2.05 bits per heavy atom. The standard InChI is InChI=1S/C14H19N3O3S/c1-3-12-14(18)16(8-9-21-2)13(15-12)10-4-6-11(7-5-10)17(19)20/h4-7,12-13,15H,3,8-9H2,1-2H3. The molecule has 114 valence electrons. The molecule has 0 bridgehead atoms. The average Bonchev–Trinajstić information content (AvgIpc) is 2.81. The number of non-ortho nitro benzene ring substituents is 1. The van der Waals surface area contributed by atoms with E-state index in [1.807, 2.05) is 18.1 Å². The van der Waals surface area contributed by atoms with Gasteiger partial charge in [-0.1, -0.05) is 6.92 Å². The van der Waals surface area contributed by atoms with E-state index < -0.39 is 4.92 Å². The molecule has 1 aromatic rings. The van der Waals surface area contributed by atoms with Crippen molar-refractivity contribution in [2.75, 3.05) is 18.6 Å². The van der Waals surface area contributed by atoms with E-state index in [9.17, 15) is 14.9 Å².